The zero-order chi connectivity index (χ0) is 15.0. The standard InChI is InChI=1S/C14H18FNO4/c1-3-20-13(17)5-4-8-16-14(18)10-6-7-12(19-2)11(15)9-10/h6-7,9H,3-5,8H2,1-2H3,(H,16,18). The van der Waals surface area contributed by atoms with E-state index in [2.05, 4.69) is 5.32 Å². The fourth-order valence-electron chi connectivity index (χ4n) is 1.58. The van der Waals surface area contributed by atoms with Gasteiger partial charge in [0.05, 0.1) is 13.7 Å². The molecule has 6 heteroatoms. The van der Waals surface area contributed by atoms with Crippen molar-refractivity contribution in [3.8, 4) is 5.75 Å². The number of carbonyl (C=O) groups excluding carboxylic acids is 2. The van der Waals surface area contributed by atoms with E-state index >= 15 is 0 Å². The molecule has 5 nitrogen and oxygen atoms in total. The smallest absolute Gasteiger partial charge is 0.305 e. The van der Waals surface area contributed by atoms with Crippen LogP contribution in [0, 0.1) is 5.82 Å². The van der Waals surface area contributed by atoms with Gasteiger partial charge < -0.3 is 14.8 Å². The largest absolute Gasteiger partial charge is 0.494 e. The average Bonchev–Trinajstić information content (AvgIpc) is 2.43. The lowest BCUT2D eigenvalue weighted by Gasteiger charge is -2.07. The number of esters is 1. The van der Waals surface area contributed by atoms with Gasteiger partial charge in [-0.25, -0.2) is 4.39 Å². The Morgan fingerprint density at radius 2 is 2.10 bits per heavy atom. The van der Waals surface area contributed by atoms with Gasteiger partial charge in [-0.2, -0.15) is 0 Å². The summed E-state index contributed by atoms with van der Waals surface area (Å²) in [5.74, 6) is -1.19. The second kappa shape index (κ2) is 8.14. The van der Waals surface area contributed by atoms with Crippen LogP contribution in [0.3, 0.4) is 0 Å². The van der Waals surface area contributed by atoms with Crippen molar-refractivity contribution in [3.63, 3.8) is 0 Å². The number of methoxy groups -OCH3 is 1. The normalized spacial score (nSPS) is 9.95. The van der Waals surface area contributed by atoms with Crippen molar-refractivity contribution in [1.29, 1.82) is 0 Å². The predicted octanol–water partition coefficient (Wildman–Crippen LogP) is 1.91. The maximum absolute atomic E-state index is 13.4. The Labute approximate surface area is 117 Å². The number of carbonyl (C=O) groups is 2. The first kappa shape index (κ1) is 15.9. The van der Waals surface area contributed by atoms with E-state index < -0.39 is 11.7 Å². The first-order valence-corrected chi connectivity index (χ1v) is 6.35. The van der Waals surface area contributed by atoms with E-state index in [0.29, 0.717) is 19.6 Å². The van der Waals surface area contributed by atoms with Crippen molar-refractivity contribution < 1.29 is 23.5 Å². The lowest BCUT2D eigenvalue weighted by Crippen LogP contribution is -2.25. The molecule has 0 saturated heterocycles. The summed E-state index contributed by atoms with van der Waals surface area (Å²) < 4.78 is 23.0. The zero-order valence-corrected chi connectivity index (χ0v) is 11.6. The molecule has 0 bridgehead atoms. The van der Waals surface area contributed by atoms with Crippen LogP contribution in [0.5, 0.6) is 5.75 Å². The lowest BCUT2D eigenvalue weighted by molar-refractivity contribution is -0.143. The molecule has 1 aromatic carbocycles. The molecule has 0 saturated carbocycles. The molecule has 1 amide bonds. The molecule has 0 aromatic heterocycles. The van der Waals surface area contributed by atoms with Crippen LogP contribution in [0.15, 0.2) is 18.2 Å². The lowest BCUT2D eigenvalue weighted by atomic mass is 10.2. The van der Waals surface area contributed by atoms with E-state index in [1.54, 1.807) is 6.92 Å². The van der Waals surface area contributed by atoms with Crippen LogP contribution < -0.4 is 10.1 Å². The zero-order valence-electron chi connectivity index (χ0n) is 11.6. The highest BCUT2D eigenvalue weighted by molar-refractivity contribution is 5.94. The quantitative estimate of drug-likeness (QED) is 0.613. The summed E-state index contributed by atoms with van der Waals surface area (Å²) in [7, 11) is 1.35. The Kier molecular flexibility index (Phi) is 6.49. The first-order chi connectivity index (χ1) is 9.58. The molecule has 0 aliphatic rings. The SMILES string of the molecule is CCOC(=O)CCCNC(=O)c1ccc(OC)c(F)c1. The highest BCUT2D eigenvalue weighted by atomic mass is 19.1. The number of nitrogens with one attached hydrogen (secondary N) is 1. The van der Waals surface area contributed by atoms with Gasteiger partial charge in [-0.1, -0.05) is 0 Å². The number of amides is 1. The van der Waals surface area contributed by atoms with Crippen molar-refractivity contribution in [2.75, 3.05) is 20.3 Å². The third-order valence-corrected chi connectivity index (χ3v) is 2.56. The van der Waals surface area contributed by atoms with Gasteiger partial charge in [0, 0.05) is 18.5 Å². The van der Waals surface area contributed by atoms with E-state index in [-0.39, 0.29) is 23.7 Å². The van der Waals surface area contributed by atoms with E-state index in [1.807, 2.05) is 0 Å². The maximum Gasteiger partial charge on any atom is 0.305 e. The number of halogens is 1. The summed E-state index contributed by atoms with van der Waals surface area (Å²) in [5, 5.41) is 2.61. The van der Waals surface area contributed by atoms with Crippen LogP contribution in [0.2, 0.25) is 0 Å². The predicted molar refractivity (Wildman–Crippen MR) is 71.2 cm³/mol. The Morgan fingerprint density at radius 3 is 2.70 bits per heavy atom. The van der Waals surface area contributed by atoms with Crippen molar-refractivity contribution in [2.45, 2.75) is 19.8 Å². The van der Waals surface area contributed by atoms with Gasteiger partial charge in [0.15, 0.2) is 11.6 Å². The van der Waals surface area contributed by atoms with E-state index in [1.165, 1.54) is 19.2 Å². The number of hydrogen-bond acceptors (Lipinski definition) is 4. The molecular formula is C14H18FNO4. The summed E-state index contributed by atoms with van der Waals surface area (Å²) in [6.45, 7) is 2.40. The third-order valence-electron chi connectivity index (χ3n) is 2.56. The molecule has 0 radical (unpaired) electrons. The van der Waals surface area contributed by atoms with Gasteiger partial charge in [-0.05, 0) is 31.5 Å². The molecule has 110 valence electrons. The molecule has 0 atom stereocenters. The van der Waals surface area contributed by atoms with Gasteiger partial charge in [-0.3, -0.25) is 9.59 Å². The molecule has 0 spiro atoms. The number of ether oxygens (including phenoxy) is 2. The average molecular weight is 283 g/mol. The summed E-state index contributed by atoms with van der Waals surface area (Å²) in [6.07, 6.45) is 0.717. The van der Waals surface area contributed by atoms with Crippen LogP contribution >= 0.6 is 0 Å². The minimum atomic E-state index is -0.591. The van der Waals surface area contributed by atoms with E-state index in [0.717, 1.165) is 6.07 Å². The topological polar surface area (TPSA) is 64.6 Å². The van der Waals surface area contributed by atoms with Crippen LogP contribution in [0.25, 0.3) is 0 Å². The number of hydrogen-bond donors (Lipinski definition) is 1. The minimum Gasteiger partial charge on any atom is -0.494 e. The molecule has 0 heterocycles. The Morgan fingerprint density at radius 1 is 1.35 bits per heavy atom. The molecule has 0 fully saturated rings. The Balaban J connectivity index is 2.39. The minimum absolute atomic E-state index is 0.0869. The van der Waals surface area contributed by atoms with Crippen molar-refractivity contribution in [2.24, 2.45) is 0 Å². The molecule has 0 unspecified atom stereocenters. The fourth-order valence-corrected chi connectivity index (χ4v) is 1.58. The first-order valence-electron chi connectivity index (χ1n) is 6.35. The Bertz CT molecular complexity index is 476. The molecule has 1 rings (SSSR count). The second-order valence-corrected chi connectivity index (χ2v) is 4.01. The molecule has 20 heavy (non-hydrogen) atoms. The van der Waals surface area contributed by atoms with Crippen molar-refractivity contribution in [1.82, 2.24) is 5.32 Å². The molecule has 1 N–H and O–H groups in total. The number of benzene rings is 1. The van der Waals surface area contributed by atoms with Gasteiger partial charge >= 0.3 is 5.97 Å². The fraction of sp³-hybridized carbons (Fsp3) is 0.429. The summed E-state index contributed by atoms with van der Waals surface area (Å²) >= 11 is 0. The molecule has 1 aromatic rings. The van der Waals surface area contributed by atoms with Crippen LogP contribution in [-0.2, 0) is 9.53 Å². The van der Waals surface area contributed by atoms with Crippen LogP contribution in [0.1, 0.15) is 30.1 Å². The summed E-state index contributed by atoms with van der Waals surface area (Å²) in [5.41, 5.74) is 0.208. The van der Waals surface area contributed by atoms with Crippen LogP contribution in [-0.4, -0.2) is 32.1 Å². The van der Waals surface area contributed by atoms with Gasteiger partial charge in [0.1, 0.15) is 0 Å². The highest BCUT2D eigenvalue weighted by Crippen LogP contribution is 2.17. The highest BCUT2D eigenvalue weighted by Gasteiger charge is 2.10. The molecular weight excluding hydrogens is 265 g/mol. The molecule has 0 aliphatic carbocycles. The van der Waals surface area contributed by atoms with Gasteiger partial charge in [0.2, 0.25) is 0 Å². The summed E-state index contributed by atoms with van der Waals surface area (Å²) in [4.78, 5) is 22.8. The summed E-state index contributed by atoms with van der Waals surface area (Å²) in [6, 6.07) is 3.98. The Hall–Kier alpha value is -2.11. The van der Waals surface area contributed by atoms with E-state index in [4.69, 9.17) is 9.47 Å². The molecule has 0 aliphatic heterocycles. The van der Waals surface area contributed by atoms with Crippen molar-refractivity contribution >= 4 is 11.9 Å². The monoisotopic (exact) mass is 283 g/mol. The van der Waals surface area contributed by atoms with Crippen molar-refractivity contribution in [3.05, 3.63) is 29.6 Å². The van der Waals surface area contributed by atoms with Gasteiger partial charge in [0.25, 0.3) is 5.91 Å². The number of rotatable bonds is 7. The maximum atomic E-state index is 13.4. The van der Waals surface area contributed by atoms with Gasteiger partial charge in [-0.15, -0.1) is 0 Å². The van der Waals surface area contributed by atoms with E-state index in [9.17, 15) is 14.0 Å². The second-order valence-electron chi connectivity index (χ2n) is 4.01. The third kappa shape index (κ3) is 4.87. The van der Waals surface area contributed by atoms with Crippen LogP contribution in [0.4, 0.5) is 4.39 Å².